The van der Waals surface area contributed by atoms with Crippen LogP contribution < -0.4 is 9.47 Å². The van der Waals surface area contributed by atoms with Crippen LogP contribution in [0.1, 0.15) is 51.1 Å². The molecule has 0 N–H and O–H groups in total. The monoisotopic (exact) mass is 787 g/mol. The molecular weight excluding hydrogens is 730 g/mol. The molecule has 1 aliphatic carbocycles. The molecule has 1 aromatic carbocycles. The number of alkyl halides is 1. The number of nitrogens with zero attached hydrogens (tertiary/aromatic N) is 5. The van der Waals surface area contributed by atoms with Crippen molar-refractivity contribution in [2.75, 3.05) is 26.4 Å². The molecule has 10 nitrogen and oxygen atoms in total. The highest BCUT2D eigenvalue weighted by atomic mass is 28.3. The molecule has 296 valence electrons. The Morgan fingerprint density at radius 2 is 1.58 bits per heavy atom. The summed E-state index contributed by atoms with van der Waals surface area (Å²) in [5.74, 6) is 0.0647. The zero-order chi connectivity index (χ0) is 39.3. The first-order chi connectivity index (χ1) is 26.3. The van der Waals surface area contributed by atoms with Crippen molar-refractivity contribution in [3.05, 3.63) is 60.6 Å². The number of carbonyl (C=O) groups is 1. The molecule has 1 saturated carbocycles. The number of aromatic nitrogens is 5. The number of benzene rings is 1. The maximum absolute atomic E-state index is 15.3. The summed E-state index contributed by atoms with van der Waals surface area (Å²) in [6.07, 6.45) is 4.50. The van der Waals surface area contributed by atoms with E-state index in [0.717, 1.165) is 51.2 Å². The van der Waals surface area contributed by atoms with Gasteiger partial charge in [-0.2, -0.15) is 9.61 Å². The first-order valence-electron chi connectivity index (χ1n) is 19.9. The van der Waals surface area contributed by atoms with E-state index >= 15 is 4.39 Å². The minimum atomic E-state index is -1.64. The minimum Gasteiger partial charge on any atom is -0.488 e. The summed E-state index contributed by atoms with van der Waals surface area (Å²) in [5.41, 5.74) is 6.01. The van der Waals surface area contributed by atoms with Crippen LogP contribution in [0.15, 0.2) is 54.9 Å². The van der Waals surface area contributed by atoms with Gasteiger partial charge in [-0.15, -0.1) is 0 Å². The largest absolute Gasteiger partial charge is 0.488 e. The van der Waals surface area contributed by atoms with Gasteiger partial charge < -0.3 is 18.9 Å². The second-order valence-electron chi connectivity index (χ2n) is 17.1. The number of hydrogen-bond acceptors (Lipinski definition) is 8. The Balaban J connectivity index is 1.51. The van der Waals surface area contributed by atoms with Crippen LogP contribution in [-0.2, 0) is 21.0 Å². The van der Waals surface area contributed by atoms with E-state index in [-0.39, 0.29) is 19.3 Å². The number of halogens is 1. The molecule has 4 heterocycles. The first kappa shape index (κ1) is 40.6. The van der Waals surface area contributed by atoms with Crippen LogP contribution in [0, 0.1) is 5.92 Å². The van der Waals surface area contributed by atoms with Gasteiger partial charge in [0, 0.05) is 57.5 Å². The summed E-state index contributed by atoms with van der Waals surface area (Å²) in [4.78, 5) is 22.6. The Morgan fingerprint density at radius 1 is 0.873 bits per heavy atom. The van der Waals surface area contributed by atoms with Gasteiger partial charge in [-0.1, -0.05) is 75.7 Å². The van der Waals surface area contributed by atoms with Crippen molar-refractivity contribution in [3.8, 4) is 34.0 Å². The average molecular weight is 788 g/mol. The maximum atomic E-state index is 15.3. The third-order valence-corrected chi connectivity index (χ3v) is 13.8. The summed E-state index contributed by atoms with van der Waals surface area (Å²) >= 11 is 0. The predicted octanol–water partition coefficient (Wildman–Crippen LogP) is 10.0. The van der Waals surface area contributed by atoms with Gasteiger partial charge >= 0.3 is 5.97 Å². The summed E-state index contributed by atoms with van der Waals surface area (Å²) in [5, 5.41) is 5.81. The summed E-state index contributed by atoms with van der Waals surface area (Å²) < 4.78 is 44.0. The van der Waals surface area contributed by atoms with Crippen molar-refractivity contribution in [2.45, 2.75) is 110 Å². The number of esters is 1. The van der Waals surface area contributed by atoms with E-state index in [9.17, 15) is 4.79 Å². The van der Waals surface area contributed by atoms with Crippen LogP contribution in [0.2, 0.25) is 51.4 Å². The van der Waals surface area contributed by atoms with E-state index < -0.39 is 34.2 Å². The molecule has 0 amide bonds. The Morgan fingerprint density at radius 3 is 2.22 bits per heavy atom. The molecule has 0 spiro atoms. The Labute approximate surface area is 326 Å². The second kappa shape index (κ2) is 17.4. The van der Waals surface area contributed by atoms with Gasteiger partial charge in [-0.05, 0) is 57.7 Å². The molecule has 0 saturated heterocycles. The molecule has 1 aliphatic rings. The number of hydrogen-bond donors (Lipinski definition) is 0. The van der Waals surface area contributed by atoms with Crippen LogP contribution >= 0.6 is 0 Å². The summed E-state index contributed by atoms with van der Waals surface area (Å²) in [6.45, 7) is 19.8. The standard InChI is InChI=1S/C42H58FN5O5Si2/c1-9-51-38-35-37(31-18-16-30(17-19-31)36(43)42(49)52-10-2)46-39-33(32-20-21-34(44-26-32)29-14-12-11-13-15-29)27-45-48(39)40(35)47(28-50-22-24-54(3,4)5)41(38)53-23-25-55(6,7)8/h11-15,20-21,26-27,30-31,36H,9-10,16-19,22-25,28H2,1-8H3/t30-,31+,36?. The van der Waals surface area contributed by atoms with Crippen molar-refractivity contribution >= 4 is 38.8 Å². The molecule has 0 radical (unpaired) electrons. The van der Waals surface area contributed by atoms with Crippen molar-refractivity contribution in [2.24, 2.45) is 5.92 Å². The van der Waals surface area contributed by atoms with Crippen molar-refractivity contribution < 1.29 is 28.1 Å². The van der Waals surface area contributed by atoms with E-state index in [0.29, 0.717) is 62.8 Å². The molecule has 4 aromatic heterocycles. The van der Waals surface area contributed by atoms with Gasteiger partial charge in [-0.25, -0.2) is 14.2 Å². The molecule has 1 fully saturated rings. The Bertz CT molecular complexity index is 2050. The van der Waals surface area contributed by atoms with Gasteiger partial charge in [0.15, 0.2) is 23.2 Å². The molecule has 6 rings (SSSR count). The lowest BCUT2D eigenvalue weighted by Crippen LogP contribution is -2.30. The van der Waals surface area contributed by atoms with Crippen molar-refractivity contribution in [1.82, 2.24) is 24.1 Å². The highest BCUT2D eigenvalue weighted by Gasteiger charge is 2.37. The molecule has 13 heteroatoms. The fourth-order valence-corrected chi connectivity index (χ4v) is 8.72. The first-order valence-corrected chi connectivity index (χ1v) is 27.3. The normalized spacial score (nSPS) is 17.1. The minimum absolute atomic E-state index is 0.0165. The number of ether oxygens (including phenoxy) is 4. The van der Waals surface area contributed by atoms with E-state index in [4.69, 9.17) is 34.0 Å². The molecule has 55 heavy (non-hydrogen) atoms. The fourth-order valence-electron chi connectivity index (χ4n) is 7.25. The Kier molecular flexibility index (Phi) is 12.8. The topological polar surface area (TPSA) is 102 Å². The van der Waals surface area contributed by atoms with Gasteiger partial charge in [0.05, 0.1) is 42.8 Å². The lowest BCUT2D eigenvalue weighted by molar-refractivity contribution is -0.151. The van der Waals surface area contributed by atoms with Crippen LogP contribution in [-0.4, -0.2) is 78.9 Å². The molecule has 5 aromatic rings. The van der Waals surface area contributed by atoms with E-state index in [1.165, 1.54) is 0 Å². The SMILES string of the molecule is CCOC(=O)C(F)[C@H]1CC[C@@H](c2nc3c(-c4ccc(-c5ccccc5)nc4)cnn3c3c2c(OCC)c(OCC[Si](C)(C)C)n3COCC[Si](C)(C)C)CC1. The zero-order valence-corrected chi connectivity index (χ0v) is 35.9. The summed E-state index contributed by atoms with van der Waals surface area (Å²) in [6, 6.07) is 16.2. The van der Waals surface area contributed by atoms with E-state index in [2.05, 4.69) is 49.9 Å². The van der Waals surface area contributed by atoms with Crippen molar-refractivity contribution in [1.29, 1.82) is 0 Å². The fraction of sp³-hybridized carbons (Fsp3) is 0.524. The van der Waals surface area contributed by atoms with Gasteiger partial charge in [-0.3, -0.25) is 9.55 Å². The number of carbonyl (C=O) groups excluding carboxylic acids is 1. The summed E-state index contributed by atoms with van der Waals surface area (Å²) in [7, 11) is -2.78. The number of pyridine rings is 1. The van der Waals surface area contributed by atoms with Crippen LogP contribution in [0.5, 0.6) is 11.6 Å². The van der Waals surface area contributed by atoms with Crippen LogP contribution in [0.25, 0.3) is 39.1 Å². The van der Waals surface area contributed by atoms with Gasteiger partial charge in [0.25, 0.3) is 0 Å². The second-order valence-corrected chi connectivity index (χ2v) is 28.3. The van der Waals surface area contributed by atoms with Gasteiger partial charge in [0.2, 0.25) is 5.88 Å². The van der Waals surface area contributed by atoms with Crippen LogP contribution in [0.3, 0.4) is 0 Å². The maximum Gasteiger partial charge on any atom is 0.341 e. The third-order valence-electron chi connectivity index (χ3n) is 10.4. The van der Waals surface area contributed by atoms with E-state index in [1.54, 1.807) is 6.92 Å². The highest BCUT2D eigenvalue weighted by molar-refractivity contribution is 6.76. The van der Waals surface area contributed by atoms with E-state index in [1.807, 2.05) is 60.2 Å². The molecule has 1 atom stereocenters. The number of rotatable bonds is 17. The quantitative estimate of drug-likeness (QED) is 0.0522. The van der Waals surface area contributed by atoms with Gasteiger partial charge in [0.1, 0.15) is 6.73 Å². The molecule has 0 aliphatic heterocycles. The number of fused-ring (bicyclic) bond motifs is 3. The van der Waals surface area contributed by atoms with Crippen molar-refractivity contribution in [3.63, 3.8) is 0 Å². The molecule has 1 unspecified atom stereocenters. The van der Waals surface area contributed by atoms with Crippen LogP contribution in [0.4, 0.5) is 4.39 Å². The average Bonchev–Trinajstić information content (AvgIpc) is 3.71. The predicted molar refractivity (Wildman–Crippen MR) is 222 cm³/mol. The third kappa shape index (κ3) is 9.49. The molecule has 0 bridgehead atoms. The lowest BCUT2D eigenvalue weighted by Gasteiger charge is -2.29. The Hall–Kier alpha value is -4.08. The smallest absolute Gasteiger partial charge is 0.341 e. The lowest BCUT2D eigenvalue weighted by atomic mass is 9.78. The highest BCUT2D eigenvalue weighted by Crippen LogP contribution is 2.47. The zero-order valence-electron chi connectivity index (χ0n) is 33.9. The molecular formula is C42H58FN5O5Si2.